The van der Waals surface area contributed by atoms with Crippen molar-refractivity contribution < 1.29 is 31.1 Å². The largest absolute Gasteiger partial charge is 0.433 e. The van der Waals surface area contributed by atoms with Gasteiger partial charge < -0.3 is 5.32 Å². The summed E-state index contributed by atoms with van der Waals surface area (Å²) in [5.74, 6) is -2.05. The second-order valence-corrected chi connectivity index (χ2v) is 8.48. The smallest absolute Gasteiger partial charge is 0.351 e. The van der Waals surface area contributed by atoms with E-state index in [1.165, 1.54) is 19.2 Å². The summed E-state index contributed by atoms with van der Waals surface area (Å²) >= 11 is -2.41. The van der Waals surface area contributed by atoms with Gasteiger partial charge in [0.25, 0.3) is 11.3 Å². The second kappa shape index (κ2) is 10.3. The van der Waals surface area contributed by atoms with Crippen molar-refractivity contribution in [2.45, 2.75) is 25.6 Å². The lowest BCUT2D eigenvalue weighted by Crippen LogP contribution is -2.28. The van der Waals surface area contributed by atoms with Crippen LogP contribution in [0.4, 0.5) is 23.2 Å². The van der Waals surface area contributed by atoms with Crippen LogP contribution in [0.3, 0.4) is 0 Å². The van der Waals surface area contributed by atoms with Gasteiger partial charge in [-0.25, -0.2) is 8.60 Å². The van der Waals surface area contributed by atoms with Crippen molar-refractivity contribution in [2.24, 2.45) is 0 Å². The zero-order valence-corrected chi connectivity index (χ0v) is 19.0. The van der Waals surface area contributed by atoms with Gasteiger partial charge in [-0.3, -0.25) is 18.6 Å². The average Bonchev–Trinajstić information content (AvgIpc) is 2.81. The predicted octanol–water partition coefficient (Wildman–Crippen LogP) is 4.90. The molecular formula is C23H21F4N3O3S. The molecule has 0 aliphatic carbocycles. The van der Waals surface area contributed by atoms with E-state index in [0.29, 0.717) is 16.7 Å². The number of alkyl halides is 3. The number of nitrogens with zero attached hydrogens (tertiary/aromatic N) is 2. The first-order chi connectivity index (χ1) is 16.0. The molecule has 180 valence electrons. The van der Waals surface area contributed by atoms with Crippen molar-refractivity contribution >= 4 is 22.9 Å². The van der Waals surface area contributed by atoms with Crippen molar-refractivity contribution in [1.82, 2.24) is 10.3 Å². The first kappa shape index (κ1) is 25.3. The second-order valence-electron chi connectivity index (χ2n) is 7.47. The molecule has 2 unspecified atom stereocenters. The van der Waals surface area contributed by atoms with Crippen molar-refractivity contribution in [3.05, 3.63) is 83.4 Å². The molecule has 0 aliphatic rings. The van der Waals surface area contributed by atoms with Gasteiger partial charge in [0.1, 0.15) is 11.5 Å². The molecule has 0 spiro atoms. The van der Waals surface area contributed by atoms with Gasteiger partial charge in [-0.2, -0.15) is 13.2 Å². The van der Waals surface area contributed by atoms with Crippen LogP contribution in [-0.4, -0.2) is 26.7 Å². The number of benzene rings is 2. The van der Waals surface area contributed by atoms with Crippen LogP contribution in [0.25, 0.3) is 11.1 Å². The van der Waals surface area contributed by atoms with E-state index in [2.05, 4.69) is 10.3 Å². The molecule has 0 radical (unpaired) electrons. The standard InChI is InChI=1S/C23H21F4N3O3S/c1-14(16-8-9-20(19(24)10-16)30(2)34(32)33)22(31)29-13-17-12-28-21(23(25,26)27)11-18(17)15-6-4-3-5-7-15/h3-12,14H,13H2,1-2H3,(H,29,31)(H,32,33). The molecule has 1 amide bonds. The summed E-state index contributed by atoms with van der Waals surface area (Å²) in [7, 11) is 1.24. The Hall–Kier alpha value is -3.31. The molecule has 2 N–H and O–H groups in total. The highest BCUT2D eigenvalue weighted by molar-refractivity contribution is 7.80. The van der Waals surface area contributed by atoms with Gasteiger partial charge in [-0.05, 0) is 47.4 Å². The first-order valence-corrected chi connectivity index (χ1v) is 11.1. The highest BCUT2D eigenvalue weighted by Crippen LogP contribution is 2.32. The minimum absolute atomic E-state index is 0.0919. The molecule has 6 nitrogen and oxygen atoms in total. The maximum Gasteiger partial charge on any atom is 0.433 e. The number of carbonyl (C=O) groups excluding carboxylic acids is 1. The number of halogens is 4. The summed E-state index contributed by atoms with van der Waals surface area (Å²) in [6.45, 7) is 1.45. The minimum atomic E-state index is -4.62. The van der Waals surface area contributed by atoms with Crippen LogP contribution >= 0.6 is 0 Å². The number of hydrogen-bond acceptors (Lipinski definition) is 3. The Balaban J connectivity index is 1.80. The Kier molecular flexibility index (Phi) is 7.68. The summed E-state index contributed by atoms with van der Waals surface area (Å²) < 4.78 is 75.0. The molecule has 0 saturated heterocycles. The summed E-state index contributed by atoms with van der Waals surface area (Å²) in [5.41, 5.74) is 0.375. The predicted molar refractivity (Wildman–Crippen MR) is 121 cm³/mol. The molecule has 34 heavy (non-hydrogen) atoms. The first-order valence-electron chi connectivity index (χ1n) is 10.0. The lowest BCUT2D eigenvalue weighted by atomic mass is 9.98. The summed E-state index contributed by atoms with van der Waals surface area (Å²) in [6.07, 6.45) is -3.54. The topological polar surface area (TPSA) is 82.5 Å². The Bertz CT molecular complexity index is 1210. The minimum Gasteiger partial charge on any atom is -0.351 e. The van der Waals surface area contributed by atoms with Crippen LogP contribution in [-0.2, 0) is 28.8 Å². The van der Waals surface area contributed by atoms with Gasteiger partial charge in [0.05, 0.1) is 11.6 Å². The third-order valence-corrected chi connectivity index (χ3v) is 5.92. The molecule has 0 aliphatic heterocycles. The SMILES string of the molecule is CC(C(=O)NCc1cnc(C(F)(F)F)cc1-c1ccccc1)c1ccc(N(C)S(=O)O)c(F)c1. The van der Waals surface area contributed by atoms with E-state index in [1.54, 1.807) is 37.3 Å². The van der Waals surface area contributed by atoms with Crippen molar-refractivity contribution in [2.75, 3.05) is 11.4 Å². The Morgan fingerprint density at radius 1 is 1.18 bits per heavy atom. The quantitative estimate of drug-likeness (QED) is 0.361. The van der Waals surface area contributed by atoms with Gasteiger partial charge in [0.15, 0.2) is 0 Å². The van der Waals surface area contributed by atoms with Crippen LogP contribution in [0, 0.1) is 5.82 Å². The molecule has 0 saturated carbocycles. The molecule has 1 aromatic heterocycles. The fourth-order valence-electron chi connectivity index (χ4n) is 3.28. The monoisotopic (exact) mass is 495 g/mol. The van der Waals surface area contributed by atoms with Gasteiger partial charge in [-0.15, -0.1) is 0 Å². The van der Waals surface area contributed by atoms with Gasteiger partial charge in [0.2, 0.25) is 5.91 Å². The van der Waals surface area contributed by atoms with Crippen LogP contribution in [0.5, 0.6) is 0 Å². The molecule has 0 fully saturated rings. The molecular weight excluding hydrogens is 474 g/mol. The third kappa shape index (κ3) is 5.78. The zero-order valence-electron chi connectivity index (χ0n) is 18.1. The summed E-state index contributed by atoms with van der Waals surface area (Å²) in [6, 6.07) is 13.2. The zero-order chi connectivity index (χ0) is 25.0. The van der Waals surface area contributed by atoms with Crippen LogP contribution < -0.4 is 9.62 Å². The third-order valence-electron chi connectivity index (χ3n) is 5.25. The van der Waals surface area contributed by atoms with E-state index in [0.717, 1.165) is 22.6 Å². The van der Waals surface area contributed by atoms with Gasteiger partial charge >= 0.3 is 6.18 Å². The van der Waals surface area contributed by atoms with Crippen molar-refractivity contribution in [3.8, 4) is 11.1 Å². The van der Waals surface area contributed by atoms with E-state index >= 15 is 0 Å². The van der Waals surface area contributed by atoms with Gasteiger partial charge in [-0.1, -0.05) is 36.4 Å². The number of anilines is 1. The van der Waals surface area contributed by atoms with E-state index in [-0.39, 0.29) is 17.8 Å². The molecule has 3 rings (SSSR count). The Morgan fingerprint density at radius 3 is 2.44 bits per heavy atom. The molecule has 2 atom stereocenters. The van der Waals surface area contributed by atoms with Crippen molar-refractivity contribution in [1.29, 1.82) is 0 Å². The molecule has 3 aromatic rings. The maximum absolute atomic E-state index is 14.4. The number of rotatable bonds is 7. The maximum atomic E-state index is 14.4. The normalized spacial score (nSPS) is 13.3. The number of hydrogen-bond donors (Lipinski definition) is 2. The molecule has 11 heteroatoms. The summed E-state index contributed by atoms with van der Waals surface area (Å²) in [4.78, 5) is 16.2. The van der Waals surface area contributed by atoms with Crippen LogP contribution in [0.15, 0.2) is 60.8 Å². The van der Waals surface area contributed by atoms with Gasteiger partial charge in [0, 0.05) is 19.8 Å². The highest BCUT2D eigenvalue weighted by atomic mass is 32.2. The molecule has 1 heterocycles. The van der Waals surface area contributed by atoms with Crippen LogP contribution in [0.2, 0.25) is 0 Å². The van der Waals surface area contributed by atoms with Crippen LogP contribution in [0.1, 0.15) is 29.7 Å². The molecule has 2 aromatic carbocycles. The number of carbonyl (C=O) groups is 1. The fourth-order valence-corrected chi connectivity index (χ4v) is 3.60. The number of aromatic nitrogens is 1. The van der Waals surface area contributed by atoms with E-state index in [4.69, 9.17) is 4.55 Å². The summed E-state index contributed by atoms with van der Waals surface area (Å²) in [5, 5.41) is 2.66. The van der Waals surface area contributed by atoms with Crippen molar-refractivity contribution in [3.63, 3.8) is 0 Å². The van der Waals surface area contributed by atoms with E-state index in [9.17, 15) is 26.6 Å². The highest BCUT2D eigenvalue weighted by Gasteiger charge is 2.33. The molecule has 0 bridgehead atoms. The Labute approximate surface area is 196 Å². The number of nitrogens with one attached hydrogen (secondary N) is 1. The fraction of sp³-hybridized carbons (Fsp3) is 0.217. The Morgan fingerprint density at radius 2 is 1.85 bits per heavy atom. The lowest BCUT2D eigenvalue weighted by Gasteiger charge is -2.18. The average molecular weight is 495 g/mol. The number of pyridine rings is 1. The lowest BCUT2D eigenvalue weighted by molar-refractivity contribution is -0.141. The number of amides is 1. The van der Waals surface area contributed by atoms with E-state index in [1.807, 2.05) is 0 Å². The van der Waals surface area contributed by atoms with E-state index < -0.39 is 40.8 Å².